The van der Waals surface area contributed by atoms with Crippen LogP contribution in [0.2, 0.25) is 0 Å². The Labute approximate surface area is 162 Å². The molecule has 0 saturated carbocycles. The fourth-order valence-electron chi connectivity index (χ4n) is 2.79. The maximum atomic E-state index is 10.4. The third kappa shape index (κ3) is 6.61. The number of hydrogen-bond acceptors (Lipinski definition) is 3. The lowest BCUT2D eigenvalue weighted by Crippen LogP contribution is -2.39. The van der Waals surface area contributed by atoms with Crippen molar-refractivity contribution in [3.63, 3.8) is 0 Å². The number of nitrogens with zero attached hydrogens (tertiary/aromatic N) is 1. The normalized spacial score (nSPS) is 13.7. The summed E-state index contributed by atoms with van der Waals surface area (Å²) >= 11 is 0. The molecule has 2 atom stereocenters. The highest BCUT2D eigenvalue weighted by atomic mass is 16.5. The van der Waals surface area contributed by atoms with Crippen molar-refractivity contribution in [1.82, 2.24) is 10.6 Å². The highest BCUT2D eigenvalue weighted by Crippen LogP contribution is 2.18. The molecule has 2 aromatic carbocycles. The van der Waals surface area contributed by atoms with Gasteiger partial charge < -0.3 is 20.5 Å². The largest absolute Gasteiger partial charge is 0.497 e. The van der Waals surface area contributed by atoms with Crippen molar-refractivity contribution in [3.05, 3.63) is 65.2 Å². The van der Waals surface area contributed by atoms with E-state index in [1.165, 1.54) is 11.1 Å². The molecular weight excluding hydrogens is 338 g/mol. The van der Waals surface area contributed by atoms with Crippen LogP contribution in [0.15, 0.2) is 53.5 Å². The molecule has 0 heterocycles. The number of aliphatic hydroxyl groups excluding tert-OH is 1. The van der Waals surface area contributed by atoms with Gasteiger partial charge in [-0.2, -0.15) is 0 Å². The molecule has 0 aliphatic rings. The van der Waals surface area contributed by atoms with Crippen LogP contribution in [-0.4, -0.2) is 37.8 Å². The van der Waals surface area contributed by atoms with Crippen molar-refractivity contribution >= 4 is 5.96 Å². The number of guanidine groups is 1. The minimum absolute atomic E-state index is 0.326. The minimum atomic E-state index is -0.617. The summed E-state index contributed by atoms with van der Waals surface area (Å²) in [5.74, 6) is 1.82. The smallest absolute Gasteiger partial charge is 0.191 e. The standard InChI is InChI=1S/C22H31N3O2/c1-5-23-22(24-14-17(3)19-8-6-7-16(2)13-19)25-15-21(26)18-9-11-20(27-4)12-10-18/h6-13,17,21,26H,5,14-15H2,1-4H3,(H2,23,24,25). The number of rotatable bonds is 8. The van der Waals surface area contributed by atoms with E-state index in [2.05, 4.69) is 53.7 Å². The Bertz CT molecular complexity index is 729. The lowest BCUT2D eigenvalue weighted by Gasteiger charge is -2.17. The van der Waals surface area contributed by atoms with Crippen LogP contribution in [0.25, 0.3) is 0 Å². The molecule has 27 heavy (non-hydrogen) atoms. The van der Waals surface area contributed by atoms with E-state index >= 15 is 0 Å². The van der Waals surface area contributed by atoms with E-state index in [0.29, 0.717) is 25.0 Å². The summed E-state index contributed by atoms with van der Waals surface area (Å²) in [5, 5.41) is 16.9. The quantitative estimate of drug-likeness (QED) is 0.493. The maximum absolute atomic E-state index is 10.4. The first-order chi connectivity index (χ1) is 13.0. The molecule has 2 rings (SSSR count). The molecule has 146 valence electrons. The Hall–Kier alpha value is -2.53. The highest BCUT2D eigenvalue weighted by molar-refractivity contribution is 5.79. The van der Waals surface area contributed by atoms with Gasteiger partial charge >= 0.3 is 0 Å². The molecule has 0 spiro atoms. The van der Waals surface area contributed by atoms with Gasteiger partial charge in [-0.25, -0.2) is 0 Å². The number of nitrogens with one attached hydrogen (secondary N) is 2. The number of aliphatic hydroxyl groups is 1. The monoisotopic (exact) mass is 369 g/mol. The first-order valence-corrected chi connectivity index (χ1v) is 9.44. The number of aryl methyl sites for hydroxylation is 1. The van der Waals surface area contributed by atoms with Crippen molar-refractivity contribution in [2.75, 3.05) is 26.7 Å². The maximum Gasteiger partial charge on any atom is 0.191 e. The topological polar surface area (TPSA) is 65.9 Å². The van der Waals surface area contributed by atoms with Crippen LogP contribution < -0.4 is 15.4 Å². The van der Waals surface area contributed by atoms with Crippen molar-refractivity contribution in [2.24, 2.45) is 4.99 Å². The zero-order valence-corrected chi connectivity index (χ0v) is 16.7. The Morgan fingerprint density at radius 3 is 2.48 bits per heavy atom. The molecule has 5 nitrogen and oxygen atoms in total. The second-order valence-corrected chi connectivity index (χ2v) is 6.70. The van der Waals surface area contributed by atoms with Gasteiger partial charge in [0.25, 0.3) is 0 Å². The van der Waals surface area contributed by atoms with E-state index < -0.39 is 6.10 Å². The fourth-order valence-corrected chi connectivity index (χ4v) is 2.79. The van der Waals surface area contributed by atoms with E-state index in [4.69, 9.17) is 4.74 Å². The molecule has 0 bridgehead atoms. The zero-order valence-electron chi connectivity index (χ0n) is 16.7. The molecule has 0 saturated heterocycles. The van der Waals surface area contributed by atoms with Gasteiger partial charge in [-0.3, -0.25) is 4.99 Å². The first kappa shape index (κ1) is 20.8. The first-order valence-electron chi connectivity index (χ1n) is 9.44. The molecule has 3 N–H and O–H groups in total. The van der Waals surface area contributed by atoms with Crippen molar-refractivity contribution in [3.8, 4) is 5.75 Å². The Balaban J connectivity index is 1.94. The van der Waals surface area contributed by atoms with Gasteiger partial charge in [-0.15, -0.1) is 0 Å². The van der Waals surface area contributed by atoms with Crippen molar-refractivity contribution in [2.45, 2.75) is 32.8 Å². The van der Waals surface area contributed by atoms with E-state index in [1.54, 1.807) is 7.11 Å². The summed E-state index contributed by atoms with van der Waals surface area (Å²) in [7, 11) is 1.63. The second kappa shape index (κ2) is 10.6. The van der Waals surface area contributed by atoms with Crippen molar-refractivity contribution in [1.29, 1.82) is 0 Å². The number of hydrogen-bond donors (Lipinski definition) is 3. The zero-order chi connectivity index (χ0) is 19.6. The second-order valence-electron chi connectivity index (χ2n) is 6.70. The molecule has 0 radical (unpaired) electrons. The number of aliphatic imine (C=N–C) groups is 1. The van der Waals surface area contributed by atoms with Crippen LogP contribution in [-0.2, 0) is 0 Å². The third-order valence-corrected chi connectivity index (χ3v) is 4.44. The van der Waals surface area contributed by atoms with Crippen molar-refractivity contribution < 1.29 is 9.84 Å². The van der Waals surface area contributed by atoms with E-state index in [0.717, 1.165) is 17.9 Å². The summed E-state index contributed by atoms with van der Waals surface area (Å²) < 4.78 is 5.15. The predicted molar refractivity (Wildman–Crippen MR) is 112 cm³/mol. The highest BCUT2D eigenvalue weighted by Gasteiger charge is 2.10. The molecule has 0 aromatic heterocycles. The lowest BCUT2D eigenvalue weighted by molar-refractivity contribution is 0.180. The van der Waals surface area contributed by atoms with Gasteiger partial charge in [-0.05, 0) is 37.1 Å². The van der Waals surface area contributed by atoms with Gasteiger partial charge in [0.2, 0.25) is 0 Å². The number of benzene rings is 2. The van der Waals surface area contributed by atoms with Gasteiger partial charge in [-0.1, -0.05) is 48.9 Å². The van der Waals surface area contributed by atoms with E-state index in [1.807, 2.05) is 31.2 Å². The average molecular weight is 370 g/mol. The minimum Gasteiger partial charge on any atom is -0.497 e. The Morgan fingerprint density at radius 2 is 1.85 bits per heavy atom. The van der Waals surface area contributed by atoms with Gasteiger partial charge in [0.05, 0.1) is 13.2 Å². The van der Waals surface area contributed by atoms with Crippen LogP contribution in [0.4, 0.5) is 0 Å². The van der Waals surface area contributed by atoms with Crippen LogP contribution in [0.3, 0.4) is 0 Å². The third-order valence-electron chi connectivity index (χ3n) is 4.44. The lowest BCUT2D eigenvalue weighted by atomic mass is 10.00. The molecule has 0 fully saturated rings. The number of ether oxygens (including phenoxy) is 1. The molecule has 0 aliphatic heterocycles. The van der Waals surface area contributed by atoms with Crippen LogP contribution >= 0.6 is 0 Å². The Kier molecular flexibility index (Phi) is 8.14. The Morgan fingerprint density at radius 1 is 1.11 bits per heavy atom. The summed E-state index contributed by atoms with van der Waals surface area (Å²) in [6.07, 6.45) is -0.617. The van der Waals surface area contributed by atoms with Gasteiger partial charge in [0.1, 0.15) is 5.75 Å². The number of methoxy groups -OCH3 is 1. The molecule has 0 amide bonds. The van der Waals surface area contributed by atoms with Crippen LogP contribution in [0, 0.1) is 6.92 Å². The molecule has 5 heteroatoms. The molecule has 2 aromatic rings. The van der Waals surface area contributed by atoms with Gasteiger partial charge in [0.15, 0.2) is 5.96 Å². The SMILES string of the molecule is CCNC(=NCC(C)c1cccc(C)c1)NCC(O)c1ccc(OC)cc1. The molecular formula is C22H31N3O2. The average Bonchev–Trinajstić information content (AvgIpc) is 2.69. The van der Waals surface area contributed by atoms with Crippen LogP contribution in [0.5, 0.6) is 5.75 Å². The van der Waals surface area contributed by atoms with Crippen LogP contribution in [0.1, 0.15) is 42.6 Å². The van der Waals surface area contributed by atoms with Gasteiger partial charge in [0, 0.05) is 25.6 Å². The summed E-state index contributed by atoms with van der Waals surface area (Å²) in [5.41, 5.74) is 3.39. The van der Waals surface area contributed by atoms with E-state index in [9.17, 15) is 5.11 Å². The van der Waals surface area contributed by atoms with E-state index in [-0.39, 0.29) is 0 Å². The molecule has 0 aliphatic carbocycles. The summed E-state index contributed by atoms with van der Waals surface area (Å²) in [6, 6.07) is 16.0. The summed E-state index contributed by atoms with van der Waals surface area (Å²) in [6.45, 7) is 8.14. The molecule has 2 unspecified atom stereocenters. The summed E-state index contributed by atoms with van der Waals surface area (Å²) in [4.78, 5) is 4.68. The fraction of sp³-hybridized carbons (Fsp3) is 0.409. The predicted octanol–water partition coefficient (Wildman–Crippen LogP) is 3.40.